The van der Waals surface area contributed by atoms with Crippen molar-refractivity contribution >= 4 is 34.5 Å². The lowest BCUT2D eigenvalue weighted by Gasteiger charge is -2.23. The van der Waals surface area contributed by atoms with Crippen LogP contribution in [0.25, 0.3) is 5.76 Å². The predicted octanol–water partition coefficient (Wildman–Crippen LogP) is 5.66. The number of hydrogen-bond acceptors (Lipinski definition) is 6. The highest BCUT2D eigenvalue weighted by Crippen LogP contribution is 2.43. The third kappa shape index (κ3) is 4.04. The number of aliphatic hydroxyl groups excluding tert-OH is 1. The molecule has 0 spiro atoms. The average molecular weight is 466 g/mol. The van der Waals surface area contributed by atoms with Crippen molar-refractivity contribution in [1.82, 2.24) is 0 Å². The molecule has 1 aromatic heterocycles. The van der Waals surface area contributed by atoms with E-state index in [-0.39, 0.29) is 11.3 Å². The molecular weight excluding hydrogens is 444 g/mol. The largest absolute Gasteiger partial charge is 0.507 e. The minimum atomic E-state index is -0.942. The van der Waals surface area contributed by atoms with Gasteiger partial charge in [0.05, 0.1) is 24.5 Å². The molecule has 1 aliphatic rings. The van der Waals surface area contributed by atoms with Gasteiger partial charge in [0.15, 0.2) is 0 Å². The van der Waals surface area contributed by atoms with Crippen molar-refractivity contribution in [2.24, 2.45) is 0 Å². The van der Waals surface area contributed by atoms with Gasteiger partial charge < -0.3 is 19.6 Å². The second-order valence-corrected chi connectivity index (χ2v) is 7.92. The molecule has 7 nitrogen and oxygen atoms in total. The van der Waals surface area contributed by atoms with Crippen LogP contribution < -0.4 is 15.0 Å². The Hall–Kier alpha value is -4.78. The van der Waals surface area contributed by atoms with E-state index in [1.165, 1.54) is 18.3 Å². The molecular formula is C28H22N2O5. The fourth-order valence-corrected chi connectivity index (χ4v) is 4.19. The number of nitrogens with one attached hydrogen (secondary N) is 1. The molecule has 1 atom stereocenters. The number of Topliss-reactive ketones (excluding diaryl/α,β-unsaturated/α-hetero) is 1. The lowest BCUT2D eigenvalue weighted by atomic mass is 9.98. The molecule has 35 heavy (non-hydrogen) atoms. The maximum atomic E-state index is 13.2. The van der Waals surface area contributed by atoms with E-state index in [1.54, 1.807) is 48.5 Å². The van der Waals surface area contributed by atoms with Gasteiger partial charge >= 0.3 is 0 Å². The van der Waals surface area contributed by atoms with E-state index in [2.05, 4.69) is 5.32 Å². The average Bonchev–Trinajstić information content (AvgIpc) is 3.52. The Kier molecular flexibility index (Phi) is 5.81. The fourth-order valence-electron chi connectivity index (χ4n) is 4.19. The first-order chi connectivity index (χ1) is 17.1. The molecule has 174 valence electrons. The van der Waals surface area contributed by atoms with Crippen molar-refractivity contribution in [1.29, 1.82) is 0 Å². The molecule has 0 aliphatic carbocycles. The Morgan fingerprint density at radius 1 is 0.886 bits per heavy atom. The molecule has 0 bridgehead atoms. The summed E-state index contributed by atoms with van der Waals surface area (Å²) in [5, 5.41) is 14.5. The summed E-state index contributed by atoms with van der Waals surface area (Å²) in [6.07, 6.45) is 1.46. The number of para-hydroxylation sites is 2. The summed E-state index contributed by atoms with van der Waals surface area (Å²) in [4.78, 5) is 27.8. The van der Waals surface area contributed by atoms with Gasteiger partial charge in [0.1, 0.15) is 23.3 Å². The molecule has 2 N–H and O–H groups in total. The Bertz CT molecular complexity index is 1390. The molecule has 1 saturated heterocycles. The zero-order valence-electron chi connectivity index (χ0n) is 18.8. The zero-order chi connectivity index (χ0) is 24.4. The number of carbonyl (C=O) groups is 2. The van der Waals surface area contributed by atoms with E-state index in [4.69, 9.17) is 9.15 Å². The number of methoxy groups -OCH3 is 1. The molecule has 3 aromatic carbocycles. The van der Waals surface area contributed by atoms with Gasteiger partial charge in [-0.25, -0.2) is 0 Å². The standard InChI is InChI=1S/C28H22N2O5/c1-34-22-11-6-5-10-21(22)26(31)24-25(23-12-7-17-35-23)30(28(33)27(24)32)20-15-13-19(14-16-20)29-18-8-3-2-4-9-18/h2-17,25,29,31H,1H3/b26-24-. The van der Waals surface area contributed by atoms with Crippen LogP contribution in [0.1, 0.15) is 17.4 Å². The zero-order valence-corrected chi connectivity index (χ0v) is 18.8. The summed E-state index contributed by atoms with van der Waals surface area (Å²) < 4.78 is 11.0. The van der Waals surface area contributed by atoms with Crippen molar-refractivity contribution < 1.29 is 23.8 Å². The number of nitrogens with zero attached hydrogens (tertiary/aromatic N) is 1. The minimum absolute atomic E-state index is 0.0686. The second-order valence-electron chi connectivity index (χ2n) is 7.92. The Morgan fingerprint density at radius 3 is 2.26 bits per heavy atom. The van der Waals surface area contributed by atoms with Crippen LogP contribution in [0.4, 0.5) is 17.1 Å². The minimum Gasteiger partial charge on any atom is -0.507 e. The first-order valence-electron chi connectivity index (χ1n) is 11.0. The van der Waals surface area contributed by atoms with Crippen molar-refractivity contribution in [3.63, 3.8) is 0 Å². The number of furan rings is 1. The van der Waals surface area contributed by atoms with Gasteiger partial charge in [-0.05, 0) is 60.7 Å². The third-order valence-electron chi connectivity index (χ3n) is 5.83. The molecule has 5 rings (SSSR count). The van der Waals surface area contributed by atoms with Crippen LogP contribution in [0.15, 0.2) is 107 Å². The summed E-state index contributed by atoms with van der Waals surface area (Å²) in [6, 6.07) is 26.0. The number of hydrogen-bond donors (Lipinski definition) is 2. The van der Waals surface area contributed by atoms with Crippen molar-refractivity contribution in [2.75, 3.05) is 17.3 Å². The lowest BCUT2D eigenvalue weighted by molar-refractivity contribution is -0.132. The molecule has 0 radical (unpaired) electrons. The first-order valence-corrected chi connectivity index (χ1v) is 11.0. The van der Waals surface area contributed by atoms with Crippen LogP contribution in [-0.4, -0.2) is 23.9 Å². The van der Waals surface area contributed by atoms with Crippen LogP contribution in [-0.2, 0) is 9.59 Å². The van der Waals surface area contributed by atoms with Gasteiger partial charge in [0.2, 0.25) is 0 Å². The molecule has 0 saturated carbocycles. The molecule has 7 heteroatoms. The summed E-state index contributed by atoms with van der Waals surface area (Å²) in [5.74, 6) is -1.15. The maximum Gasteiger partial charge on any atom is 0.300 e. The summed E-state index contributed by atoms with van der Waals surface area (Å²) in [7, 11) is 1.47. The van der Waals surface area contributed by atoms with E-state index < -0.39 is 17.7 Å². The first kappa shape index (κ1) is 22.0. The highest BCUT2D eigenvalue weighted by molar-refractivity contribution is 6.51. The van der Waals surface area contributed by atoms with Gasteiger partial charge in [0.25, 0.3) is 11.7 Å². The van der Waals surface area contributed by atoms with Gasteiger partial charge in [-0.2, -0.15) is 0 Å². The maximum absolute atomic E-state index is 13.2. The molecule has 1 amide bonds. The molecule has 1 unspecified atom stereocenters. The van der Waals surface area contributed by atoms with Crippen LogP contribution >= 0.6 is 0 Å². The quantitative estimate of drug-likeness (QED) is 0.216. The number of ketones is 1. The van der Waals surface area contributed by atoms with Crippen molar-refractivity contribution in [3.05, 3.63) is 114 Å². The number of ether oxygens (including phenoxy) is 1. The van der Waals surface area contributed by atoms with Crippen LogP contribution in [0.2, 0.25) is 0 Å². The number of aliphatic hydroxyl groups is 1. The van der Waals surface area contributed by atoms with E-state index in [0.717, 1.165) is 11.4 Å². The summed E-state index contributed by atoms with van der Waals surface area (Å²) in [6.45, 7) is 0. The number of carbonyl (C=O) groups excluding carboxylic acids is 2. The van der Waals surface area contributed by atoms with Gasteiger partial charge in [0, 0.05) is 17.1 Å². The highest BCUT2D eigenvalue weighted by Gasteiger charge is 2.48. The topological polar surface area (TPSA) is 92.0 Å². The second kappa shape index (κ2) is 9.23. The smallest absolute Gasteiger partial charge is 0.300 e. The van der Waals surface area contributed by atoms with Crippen molar-refractivity contribution in [3.8, 4) is 5.75 Å². The molecule has 2 heterocycles. The monoisotopic (exact) mass is 466 g/mol. The van der Waals surface area contributed by atoms with E-state index in [0.29, 0.717) is 22.8 Å². The van der Waals surface area contributed by atoms with Gasteiger partial charge in [-0.1, -0.05) is 30.3 Å². The SMILES string of the molecule is COc1ccccc1/C(O)=C1/C(=O)C(=O)N(c2ccc(Nc3ccccc3)cc2)C1c1ccco1. The lowest BCUT2D eigenvalue weighted by Crippen LogP contribution is -2.29. The summed E-state index contributed by atoms with van der Waals surface area (Å²) in [5.41, 5.74) is 2.48. The highest BCUT2D eigenvalue weighted by atomic mass is 16.5. The van der Waals surface area contributed by atoms with Crippen LogP contribution in [0, 0.1) is 0 Å². The molecule has 1 fully saturated rings. The van der Waals surface area contributed by atoms with E-state index in [1.807, 2.05) is 42.5 Å². The Balaban J connectivity index is 1.57. The normalized spacial score (nSPS) is 16.9. The number of rotatable bonds is 6. The molecule has 4 aromatic rings. The molecule has 1 aliphatic heterocycles. The number of anilines is 3. The van der Waals surface area contributed by atoms with Gasteiger partial charge in [-0.3, -0.25) is 14.5 Å². The summed E-state index contributed by atoms with van der Waals surface area (Å²) >= 11 is 0. The Morgan fingerprint density at radius 2 is 1.57 bits per heavy atom. The van der Waals surface area contributed by atoms with Crippen LogP contribution in [0.5, 0.6) is 5.75 Å². The fraction of sp³-hybridized carbons (Fsp3) is 0.0714. The van der Waals surface area contributed by atoms with Gasteiger partial charge in [-0.15, -0.1) is 0 Å². The van der Waals surface area contributed by atoms with Crippen LogP contribution in [0.3, 0.4) is 0 Å². The van der Waals surface area contributed by atoms with Crippen molar-refractivity contribution in [2.45, 2.75) is 6.04 Å². The van der Waals surface area contributed by atoms with E-state index in [9.17, 15) is 14.7 Å². The predicted molar refractivity (Wildman–Crippen MR) is 133 cm³/mol. The third-order valence-corrected chi connectivity index (χ3v) is 5.83. The Labute approximate surface area is 201 Å². The number of amides is 1. The van der Waals surface area contributed by atoms with E-state index >= 15 is 0 Å². The number of benzene rings is 3.